The van der Waals surface area contributed by atoms with E-state index < -0.39 is 23.9 Å². The number of carboxylic acid groups (broad SMARTS) is 1. The number of urea groups is 1. The molecule has 5 N–H and O–H groups in total. The largest absolute Gasteiger partial charge is 0.479 e. The van der Waals surface area contributed by atoms with Crippen LogP contribution < -0.4 is 16.4 Å². The van der Waals surface area contributed by atoms with Gasteiger partial charge in [-0.1, -0.05) is 30.3 Å². The number of amides is 3. The van der Waals surface area contributed by atoms with Crippen molar-refractivity contribution in [3.05, 3.63) is 35.9 Å². The second kappa shape index (κ2) is 6.24. The van der Waals surface area contributed by atoms with Gasteiger partial charge in [-0.3, -0.25) is 4.79 Å². The summed E-state index contributed by atoms with van der Waals surface area (Å²) in [6.45, 7) is -0.354. The lowest BCUT2D eigenvalue weighted by Gasteiger charge is -2.14. The maximum Gasteiger partial charge on any atom is 0.330 e. The van der Waals surface area contributed by atoms with Crippen LogP contribution in [0.1, 0.15) is 11.6 Å². The molecule has 1 aromatic carbocycles. The van der Waals surface area contributed by atoms with Gasteiger partial charge in [0.05, 0.1) is 6.54 Å². The molecule has 7 nitrogen and oxygen atoms in total. The molecule has 0 unspecified atom stereocenters. The van der Waals surface area contributed by atoms with E-state index in [9.17, 15) is 14.4 Å². The van der Waals surface area contributed by atoms with Gasteiger partial charge < -0.3 is 21.5 Å². The highest BCUT2D eigenvalue weighted by Crippen LogP contribution is 2.12. The second-order valence-electron chi connectivity index (χ2n) is 3.48. The zero-order valence-electron chi connectivity index (χ0n) is 9.42. The minimum Gasteiger partial charge on any atom is -0.479 e. The number of aliphatic carboxylic acids is 1. The van der Waals surface area contributed by atoms with E-state index in [0.717, 1.165) is 0 Å². The highest BCUT2D eigenvalue weighted by atomic mass is 16.4. The predicted molar refractivity (Wildman–Crippen MR) is 62.5 cm³/mol. The lowest BCUT2D eigenvalue weighted by Crippen LogP contribution is -2.43. The molecule has 0 bridgehead atoms. The third-order valence-corrected chi connectivity index (χ3v) is 2.08. The average Bonchev–Trinajstić information content (AvgIpc) is 2.34. The fraction of sp³-hybridized carbons (Fsp3) is 0.182. The molecule has 0 saturated carbocycles. The van der Waals surface area contributed by atoms with Crippen LogP contribution in [0, 0.1) is 0 Å². The first-order valence-corrected chi connectivity index (χ1v) is 5.11. The van der Waals surface area contributed by atoms with Gasteiger partial charge in [-0.25, -0.2) is 9.59 Å². The van der Waals surface area contributed by atoms with E-state index >= 15 is 0 Å². The molecule has 0 fully saturated rings. The smallest absolute Gasteiger partial charge is 0.330 e. The number of hydrogen-bond acceptors (Lipinski definition) is 3. The first-order chi connectivity index (χ1) is 8.50. The van der Waals surface area contributed by atoms with Crippen molar-refractivity contribution in [2.75, 3.05) is 6.54 Å². The number of benzene rings is 1. The molecule has 0 aliphatic carbocycles. The van der Waals surface area contributed by atoms with Crippen LogP contribution in [0.25, 0.3) is 0 Å². The van der Waals surface area contributed by atoms with Crippen LogP contribution in [0.2, 0.25) is 0 Å². The lowest BCUT2D eigenvalue weighted by molar-refractivity contribution is -0.139. The van der Waals surface area contributed by atoms with Gasteiger partial charge in [0.1, 0.15) is 0 Å². The summed E-state index contributed by atoms with van der Waals surface area (Å²) in [5.41, 5.74) is 5.27. The van der Waals surface area contributed by atoms with Gasteiger partial charge in [-0.05, 0) is 5.56 Å². The van der Waals surface area contributed by atoms with E-state index in [1.165, 1.54) is 0 Å². The Bertz CT molecular complexity index is 447. The maximum atomic E-state index is 11.3. The van der Waals surface area contributed by atoms with Crippen molar-refractivity contribution in [2.24, 2.45) is 5.73 Å². The molecule has 0 aliphatic heterocycles. The average molecular weight is 251 g/mol. The molecule has 96 valence electrons. The second-order valence-corrected chi connectivity index (χ2v) is 3.48. The molecule has 0 spiro atoms. The van der Waals surface area contributed by atoms with Crippen molar-refractivity contribution in [1.82, 2.24) is 10.6 Å². The minimum atomic E-state index is -1.20. The Morgan fingerprint density at radius 3 is 2.33 bits per heavy atom. The van der Waals surface area contributed by atoms with Crippen molar-refractivity contribution in [3.8, 4) is 0 Å². The van der Waals surface area contributed by atoms with Crippen molar-refractivity contribution in [3.63, 3.8) is 0 Å². The van der Waals surface area contributed by atoms with E-state index in [2.05, 4.69) is 10.6 Å². The monoisotopic (exact) mass is 251 g/mol. The third-order valence-electron chi connectivity index (χ3n) is 2.08. The number of rotatable bonds is 5. The van der Waals surface area contributed by atoms with E-state index in [1.54, 1.807) is 30.3 Å². The van der Waals surface area contributed by atoms with Gasteiger partial charge in [0, 0.05) is 0 Å². The minimum absolute atomic E-state index is 0.354. The summed E-state index contributed by atoms with van der Waals surface area (Å²) >= 11 is 0. The Balaban J connectivity index is 2.67. The number of nitrogens with two attached hydrogens (primary N) is 1. The van der Waals surface area contributed by atoms with Crippen LogP contribution in [-0.4, -0.2) is 29.6 Å². The summed E-state index contributed by atoms with van der Waals surface area (Å²) in [6.07, 6.45) is 0. The molecular formula is C11H13N3O4. The highest BCUT2D eigenvalue weighted by molar-refractivity contribution is 5.86. The molecule has 7 heteroatoms. The fourth-order valence-corrected chi connectivity index (χ4v) is 1.28. The van der Waals surface area contributed by atoms with Crippen LogP contribution in [0.15, 0.2) is 30.3 Å². The van der Waals surface area contributed by atoms with E-state index in [4.69, 9.17) is 10.8 Å². The Kier molecular flexibility index (Phi) is 4.67. The highest BCUT2D eigenvalue weighted by Gasteiger charge is 2.21. The standard InChI is InChI=1S/C11H13N3O4/c12-8(15)6-13-11(18)14-9(10(16)17)7-4-2-1-3-5-7/h1-5,9H,6H2,(H2,12,15)(H,16,17)(H2,13,14,18)/t9-/m1/s1. The Morgan fingerprint density at radius 2 is 1.83 bits per heavy atom. The molecule has 1 rings (SSSR count). The molecule has 0 heterocycles. The quantitative estimate of drug-likeness (QED) is 0.568. The topological polar surface area (TPSA) is 122 Å². The third kappa shape index (κ3) is 4.12. The first-order valence-electron chi connectivity index (χ1n) is 5.11. The molecule has 0 saturated heterocycles. The van der Waals surface area contributed by atoms with Crippen molar-refractivity contribution in [2.45, 2.75) is 6.04 Å². The molecule has 1 atom stereocenters. The molecule has 18 heavy (non-hydrogen) atoms. The zero-order chi connectivity index (χ0) is 13.5. The number of carbonyl (C=O) groups is 3. The van der Waals surface area contributed by atoms with Gasteiger partial charge in [0.15, 0.2) is 6.04 Å². The number of nitrogens with one attached hydrogen (secondary N) is 2. The molecule has 1 aromatic rings. The number of primary amides is 1. The van der Waals surface area contributed by atoms with E-state index in [-0.39, 0.29) is 6.54 Å². The summed E-state index contributed by atoms with van der Waals surface area (Å²) in [4.78, 5) is 32.8. The van der Waals surface area contributed by atoms with Gasteiger partial charge >= 0.3 is 12.0 Å². The van der Waals surface area contributed by atoms with Crippen LogP contribution in [-0.2, 0) is 9.59 Å². The van der Waals surface area contributed by atoms with Gasteiger partial charge in [0.2, 0.25) is 5.91 Å². The number of hydrogen-bond donors (Lipinski definition) is 4. The van der Waals surface area contributed by atoms with Crippen molar-refractivity contribution >= 4 is 17.9 Å². The fourth-order valence-electron chi connectivity index (χ4n) is 1.28. The summed E-state index contributed by atoms with van der Waals surface area (Å²) in [5, 5.41) is 13.4. The lowest BCUT2D eigenvalue weighted by atomic mass is 10.1. The normalized spacial score (nSPS) is 11.3. The summed E-state index contributed by atoms with van der Waals surface area (Å²) in [7, 11) is 0. The summed E-state index contributed by atoms with van der Waals surface area (Å²) in [6, 6.07) is 6.25. The first kappa shape index (κ1) is 13.5. The Hall–Kier alpha value is -2.57. The number of carboxylic acids is 1. The Morgan fingerprint density at radius 1 is 1.22 bits per heavy atom. The molecule has 0 radical (unpaired) electrons. The van der Waals surface area contributed by atoms with Gasteiger partial charge in [-0.15, -0.1) is 0 Å². The van der Waals surface area contributed by atoms with E-state index in [1.807, 2.05) is 0 Å². The SMILES string of the molecule is NC(=O)CNC(=O)N[C@@H](C(=O)O)c1ccccc1. The Labute approximate surface area is 103 Å². The van der Waals surface area contributed by atoms with E-state index in [0.29, 0.717) is 5.56 Å². The summed E-state index contributed by atoms with van der Waals surface area (Å²) in [5.74, 6) is -1.91. The molecular weight excluding hydrogens is 238 g/mol. The van der Waals surface area contributed by atoms with Crippen LogP contribution in [0.3, 0.4) is 0 Å². The molecule has 0 aromatic heterocycles. The van der Waals surface area contributed by atoms with Crippen LogP contribution in [0.4, 0.5) is 4.79 Å². The van der Waals surface area contributed by atoms with Crippen molar-refractivity contribution in [1.29, 1.82) is 0 Å². The predicted octanol–water partition coefficient (Wildman–Crippen LogP) is -0.403. The van der Waals surface area contributed by atoms with Crippen LogP contribution in [0.5, 0.6) is 0 Å². The molecule has 3 amide bonds. The van der Waals surface area contributed by atoms with Gasteiger partial charge in [0.25, 0.3) is 0 Å². The summed E-state index contributed by atoms with van der Waals surface area (Å²) < 4.78 is 0. The number of carbonyl (C=O) groups excluding carboxylic acids is 2. The van der Waals surface area contributed by atoms with Gasteiger partial charge in [-0.2, -0.15) is 0 Å². The van der Waals surface area contributed by atoms with Crippen LogP contribution >= 0.6 is 0 Å². The molecule has 0 aliphatic rings. The van der Waals surface area contributed by atoms with Crippen molar-refractivity contribution < 1.29 is 19.5 Å². The zero-order valence-corrected chi connectivity index (χ0v) is 9.42. The maximum absolute atomic E-state index is 11.3.